The summed E-state index contributed by atoms with van der Waals surface area (Å²) in [5.41, 5.74) is 0.316. The highest BCUT2D eigenvalue weighted by molar-refractivity contribution is 5.95. The third-order valence-electron chi connectivity index (χ3n) is 2.69. The van der Waals surface area contributed by atoms with Crippen LogP contribution in [0, 0.1) is 5.92 Å². The number of hydrogen-bond acceptors (Lipinski definition) is 6. The lowest BCUT2D eigenvalue weighted by atomic mass is 10.2. The average Bonchev–Trinajstić information content (AvgIpc) is 2.85. The van der Waals surface area contributed by atoms with Crippen LogP contribution in [-0.2, 0) is 13.0 Å². The minimum atomic E-state index is -0.135. The fourth-order valence-corrected chi connectivity index (χ4v) is 1.76. The molecule has 0 aliphatic carbocycles. The van der Waals surface area contributed by atoms with Gasteiger partial charge in [0.25, 0.3) is 0 Å². The first-order valence-electron chi connectivity index (χ1n) is 6.36. The minimum absolute atomic E-state index is 0.135. The number of aromatic nitrogens is 5. The molecule has 0 fully saturated rings. The van der Waals surface area contributed by atoms with Crippen molar-refractivity contribution >= 4 is 5.78 Å². The fraction of sp³-hybridized carbons (Fsp3) is 0.462. The summed E-state index contributed by atoms with van der Waals surface area (Å²) in [4.78, 5) is 24.2. The largest absolute Gasteiger partial charge is 0.481 e. The summed E-state index contributed by atoms with van der Waals surface area (Å²) in [7, 11) is 1.50. The monoisotopic (exact) mass is 275 g/mol. The molecule has 0 aromatic carbocycles. The van der Waals surface area contributed by atoms with Crippen molar-refractivity contribution in [3.8, 4) is 5.88 Å². The van der Waals surface area contributed by atoms with Gasteiger partial charge in [-0.25, -0.2) is 19.6 Å². The maximum absolute atomic E-state index is 12.2. The third kappa shape index (κ3) is 3.37. The van der Waals surface area contributed by atoms with E-state index in [0.29, 0.717) is 23.3 Å². The molecule has 0 amide bonds. The van der Waals surface area contributed by atoms with Crippen LogP contribution in [-0.4, -0.2) is 37.6 Å². The molecule has 2 aromatic rings. The number of Topliss-reactive ketones (excluding diaryl/α,β-unsaturated/α-hetero) is 1. The van der Waals surface area contributed by atoms with Crippen LogP contribution in [0.4, 0.5) is 0 Å². The standard InChI is InChI=1S/C13H17N5O2/c1-9(2)6-18-12(15-8-17-18)5-11(19)10-4-13(20-3)16-7-14-10/h4,7-9H,5-6H2,1-3H3. The van der Waals surface area contributed by atoms with Gasteiger partial charge in [-0.1, -0.05) is 13.8 Å². The van der Waals surface area contributed by atoms with Crippen molar-refractivity contribution in [1.82, 2.24) is 24.7 Å². The highest BCUT2D eigenvalue weighted by atomic mass is 16.5. The maximum atomic E-state index is 12.2. The van der Waals surface area contributed by atoms with Gasteiger partial charge in [-0.05, 0) is 5.92 Å². The maximum Gasteiger partial charge on any atom is 0.216 e. The Labute approximate surface area is 117 Å². The summed E-state index contributed by atoms with van der Waals surface area (Å²) < 4.78 is 6.73. The van der Waals surface area contributed by atoms with Crippen LogP contribution in [0.1, 0.15) is 30.2 Å². The molecule has 20 heavy (non-hydrogen) atoms. The van der Waals surface area contributed by atoms with E-state index in [4.69, 9.17) is 4.74 Å². The molecule has 0 spiro atoms. The van der Waals surface area contributed by atoms with Crippen LogP contribution in [0.25, 0.3) is 0 Å². The lowest BCUT2D eigenvalue weighted by Gasteiger charge is -2.08. The molecule has 2 rings (SSSR count). The molecule has 0 unspecified atom stereocenters. The Morgan fingerprint density at radius 1 is 1.30 bits per heavy atom. The molecule has 0 aliphatic rings. The van der Waals surface area contributed by atoms with Crippen LogP contribution in [0.15, 0.2) is 18.7 Å². The molecule has 0 bridgehead atoms. The zero-order valence-electron chi connectivity index (χ0n) is 11.8. The summed E-state index contributed by atoms with van der Waals surface area (Å²) in [6, 6.07) is 1.52. The topological polar surface area (TPSA) is 82.8 Å². The van der Waals surface area contributed by atoms with Crippen LogP contribution >= 0.6 is 0 Å². The molecule has 0 N–H and O–H groups in total. The van der Waals surface area contributed by atoms with E-state index in [2.05, 4.69) is 33.9 Å². The van der Waals surface area contributed by atoms with Crippen molar-refractivity contribution in [3.05, 3.63) is 30.2 Å². The van der Waals surface area contributed by atoms with Gasteiger partial charge in [-0.3, -0.25) is 4.79 Å². The highest BCUT2D eigenvalue weighted by Gasteiger charge is 2.15. The Hall–Kier alpha value is -2.31. The lowest BCUT2D eigenvalue weighted by molar-refractivity contribution is 0.0983. The summed E-state index contributed by atoms with van der Waals surface area (Å²) in [6.07, 6.45) is 2.93. The number of ether oxygens (including phenoxy) is 1. The van der Waals surface area contributed by atoms with Crippen LogP contribution in [0.2, 0.25) is 0 Å². The Kier molecular flexibility index (Phi) is 4.39. The first-order valence-corrected chi connectivity index (χ1v) is 6.36. The summed E-state index contributed by atoms with van der Waals surface area (Å²) in [5, 5.41) is 4.13. The van der Waals surface area contributed by atoms with E-state index in [1.165, 1.54) is 25.8 Å². The second kappa shape index (κ2) is 6.23. The Morgan fingerprint density at radius 3 is 2.80 bits per heavy atom. The van der Waals surface area contributed by atoms with Gasteiger partial charge in [0, 0.05) is 12.6 Å². The van der Waals surface area contributed by atoms with Crippen molar-refractivity contribution in [3.63, 3.8) is 0 Å². The quantitative estimate of drug-likeness (QED) is 0.736. The van der Waals surface area contributed by atoms with E-state index in [0.717, 1.165) is 6.54 Å². The van der Waals surface area contributed by atoms with Gasteiger partial charge in [-0.15, -0.1) is 0 Å². The van der Waals surface area contributed by atoms with E-state index >= 15 is 0 Å². The van der Waals surface area contributed by atoms with Gasteiger partial charge in [0.15, 0.2) is 5.78 Å². The SMILES string of the molecule is COc1cc(C(=O)Cc2ncnn2CC(C)C)ncn1. The zero-order chi connectivity index (χ0) is 14.5. The number of ketones is 1. The smallest absolute Gasteiger partial charge is 0.216 e. The van der Waals surface area contributed by atoms with Crippen molar-refractivity contribution in [1.29, 1.82) is 0 Å². The predicted molar refractivity (Wildman–Crippen MR) is 71.5 cm³/mol. The molecule has 106 valence electrons. The van der Waals surface area contributed by atoms with E-state index in [1.54, 1.807) is 4.68 Å². The predicted octanol–water partition coefficient (Wildman–Crippen LogP) is 1.16. The van der Waals surface area contributed by atoms with E-state index in [1.807, 2.05) is 0 Å². The molecule has 0 aliphatic heterocycles. The first-order chi connectivity index (χ1) is 9.60. The molecule has 0 saturated carbocycles. The molecule has 0 saturated heterocycles. The summed E-state index contributed by atoms with van der Waals surface area (Å²) in [5.74, 6) is 1.31. The van der Waals surface area contributed by atoms with Crippen molar-refractivity contribution in [2.45, 2.75) is 26.8 Å². The third-order valence-corrected chi connectivity index (χ3v) is 2.69. The second-order valence-corrected chi connectivity index (χ2v) is 4.80. The number of carbonyl (C=O) groups excluding carboxylic acids is 1. The van der Waals surface area contributed by atoms with Crippen molar-refractivity contribution < 1.29 is 9.53 Å². The highest BCUT2D eigenvalue weighted by Crippen LogP contribution is 2.09. The average molecular weight is 275 g/mol. The van der Waals surface area contributed by atoms with Gasteiger partial charge >= 0.3 is 0 Å². The first kappa shape index (κ1) is 14.1. The second-order valence-electron chi connectivity index (χ2n) is 4.80. The normalized spacial score (nSPS) is 10.8. The van der Waals surface area contributed by atoms with Gasteiger partial charge < -0.3 is 4.74 Å². The molecule has 0 radical (unpaired) electrons. The van der Waals surface area contributed by atoms with Gasteiger partial charge in [0.1, 0.15) is 24.2 Å². The Bertz CT molecular complexity index is 594. The van der Waals surface area contributed by atoms with Crippen molar-refractivity contribution in [2.24, 2.45) is 5.92 Å². The lowest BCUT2D eigenvalue weighted by Crippen LogP contribution is -2.15. The molecular formula is C13H17N5O2. The number of rotatable bonds is 6. The van der Waals surface area contributed by atoms with Gasteiger partial charge in [-0.2, -0.15) is 5.10 Å². The Balaban J connectivity index is 2.13. The van der Waals surface area contributed by atoms with E-state index < -0.39 is 0 Å². The number of nitrogens with zero attached hydrogens (tertiary/aromatic N) is 5. The zero-order valence-corrected chi connectivity index (χ0v) is 11.8. The summed E-state index contributed by atoms with van der Waals surface area (Å²) in [6.45, 7) is 4.90. The molecule has 7 heteroatoms. The van der Waals surface area contributed by atoms with Crippen molar-refractivity contribution in [2.75, 3.05) is 7.11 Å². The molecule has 2 aromatic heterocycles. The van der Waals surface area contributed by atoms with Gasteiger partial charge in [0.2, 0.25) is 5.88 Å². The number of hydrogen-bond donors (Lipinski definition) is 0. The molecule has 7 nitrogen and oxygen atoms in total. The number of methoxy groups -OCH3 is 1. The van der Waals surface area contributed by atoms with Crippen LogP contribution < -0.4 is 4.74 Å². The van der Waals surface area contributed by atoms with E-state index in [-0.39, 0.29) is 12.2 Å². The van der Waals surface area contributed by atoms with E-state index in [9.17, 15) is 4.79 Å². The molecule has 0 atom stereocenters. The molecule has 2 heterocycles. The molecular weight excluding hydrogens is 258 g/mol. The fourth-order valence-electron chi connectivity index (χ4n) is 1.76. The van der Waals surface area contributed by atoms with Gasteiger partial charge in [0.05, 0.1) is 13.5 Å². The van der Waals surface area contributed by atoms with Crippen LogP contribution in [0.5, 0.6) is 5.88 Å². The Morgan fingerprint density at radius 2 is 2.10 bits per heavy atom. The van der Waals surface area contributed by atoms with Crippen LogP contribution in [0.3, 0.4) is 0 Å². The minimum Gasteiger partial charge on any atom is -0.481 e. The number of carbonyl (C=O) groups is 1. The summed E-state index contributed by atoms with van der Waals surface area (Å²) >= 11 is 0.